The van der Waals surface area contributed by atoms with Gasteiger partial charge in [-0.2, -0.15) is 0 Å². The number of carbonyl (C=O) groups is 1. The first-order chi connectivity index (χ1) is 9.63. The maximum Gasteiger partial charge on any atom is 0.410 e. The minimum absolute atomic E-state index is 0.150. The van der Waals surface area contributed by atoms with E-state index in [2.05, 4.69) is 5.48 Å². The van der Waals surface area contributed by atoms with Crippen molar-refractivity contribution in [2.24, 2.45) is 0 Å². The second-order valence-electron chi connectivity index (χ2n) is 7.20. The lowest BCUT2D eigenvalue weighted by molar-refractivity contribution is -0.0977. The highest BCUT2D eigenvalue weighted by Crippen LogP contribution is 2.23. The predicted molar refractivity (Wildman–Crippen MR) is 80.4 cm³/mol. The van der Waals surface area contributed by atoms with Crippen LogP contribution in [0, 0.1) is 0 Å². The van der Waals surface area contributed by atoms with Crippen LogP contribution in [-0.2, 0) is 9.47 Å². The van der Waals surface area contributed by atoms with Crippen molar-refractivity contribution >= 4 is 6.09 Å². The van der Waals surface area contributed by atoms with Crippen LogP contribution >= 0.6 is 0 Å². The second kappa shape index (κ2) is 7.42. The van der Waals surface area contributed by atoms with E-state index in [0.717, 1.165) is 19.3 Å². The Morgan fingerprint density at radius 2 is 1.81 bits per heavy atom. The van der Waals surface area contributed by atoms with Gasteiger partial charge in [-0.1, -0.05) is 0 Å². The summed E-state index contributed by atoms with van der Waals surface area (Å²) >= 11 is 0. The Morgan fingerprint density at radius 1 is 1.24 bits per heavy atom. The molecule has 1 aliphatic heterocycles. The number of likely N-dealkylation sites (tertiary alicyclic amines) is 1. The average Bonchev–Trinajstić information content (AvgIpc) is 2.35. The van der Waals surface area contributed by atoms with Crippen LogP contribution in [0.2, 0.25) is 0 Å². The number of rotatable bonds is 5. The number of hydrogen-bond acceptors (Lipinski definition) is 5. The van der Waals surface area contributed by atoms with E-state index in [0.29, 0.717) is 19.6 Å². The molecule has 0 aromatic rings. The largest absolute Gasteiger partial charge is 0.444 e. The molecular weight excluding hydrogens is 272 g/mol. The number of carbonyl (C=O) groups excluding carboxylic acids is 1. The monoisotopic (exact) mass is 302 g/mol. The van der Waals surface area contributed by atoms with Gasteiger partial charge in [0.1, 0.15) is 5.60 Å². The Labute approximate surface area is 127 Å². The molecule has 1 aliphatic rings. The van der Waals surface area contributed by atoms with Crippen LogP contribution in [0.1, 0.15) is 53.9 Å². The summed E-state index contributed by atoms with van der Waals surface area (Å²) in [6.07, 6.45) is 2.27. The van der Waals surface area contributed by atoms with Crippen molar-refractivity contribution in [1.82, 2.24) is 10.4 Å². The van der Waals surface area contributed by atoms with Gasteiger partial charge in [-0.05, 0) is 53.9 Å². The fourth-order valence-corrected chi connectivity index (χ4v) is 2.35. The maximum absolute atomic E-state index is 12.0. The van der Waals surface area contributed by atoms with Crippen molar-refractivity contribution < 1.29 is 19.5 Å². The van der Waals surface area contributed by atoms with Gasteiger partial charge in [0.15, 0.2) is 0 Å². The van der Waals surface area contributed by atoms with Gasteiger partial charge in [-0.3, -0.25) is 0 Å². The van der Waals surface area contributed by atoms with E-state index >= 15 is 0 Å². The number of piperidine rings is 1. The van der Waals surface area contributed by atoms with Crippen LogP contribution in [-0.4, -0.2) is 53.1 Å². The molecule has 6 heteroatoms. The third-order valence-corrected chi connectivity index (χ3v) is 3.42. The molecule has 6 nitrogen and oxygen atoms in total. The first kappa shape index (κ1) is 18.2. The molecule has 0 spiro atoms. The molecule has 0 unspecified atom stereocenters. The predicted octanol–water partition coefficient (Wildman–Crippen LogP) is 2.55. The van der Waals surface area contributed by atoms with Crippen molar-refractivity contribution in [1.29, 1.82) is 0 Å². The standard InChI is InChI=1S/C15H30N2O4/c1-14(2,3)21-13(18)17-10-6-12(7-11-17)20-15(4,5)8-9-16-19/h12,16,19H,6-11H2,1-5H3. The Balaban J connectivity index is 2.37. The molecule has 1 amide bonds. The minimum Gasteiger partial charge on any atom is -0.444 e. The number of nitrogens with one attached hydrogen (secondary N) is 1. The Hall–Kier alpha value is -0.850. The minimum atomic E-state index is -0.455. The zero-order chi connectivity index (χ0) is 16.1. The van der Waals surface area contributed by atoms with E-state index in [1.54, 1.807) is 4.90 Å². The molecule has 124 valence electrons. The molecule has 0 aliphatic carbocycles. The number of hydrogen-bond donors (Lipinski definition) is 2. The molecule has 0 bridgehead atoms. The van der Waals surface area contributed by atoms with Crippen LogP contribution in [0.15, 0.2) is 0 Å². The lowest BCUT2D eigenvalue weighted by atomic mass is 10.0. The summed E-state index contributed by atoms with van der Waals surface area (Å²) in [5.74, 6) is 0. The molecule has 0 aromatic carbocycles. The molecular formula is C15H30N2O4. The molecule has 2 N–H and O–H groups in total. The van der Waals surface area contributed by atoms with Gasteiger partial charge in [0.05, 0.1) is 11.7 Å². The summed E-state index contributed by atoms with van der Waals surface area (Å²) in [6, 6.07) is 0. The fraction of sp³-hybridized carbons (Fsp3) is 0.933. The highest BCUT2D eigenvalue weighted by Gasteiger charge is 2.30. The zero-order valence-corrected chi connectivity index (χ0v) is 13.9. The van der Waals surface area contributed by atoms with Gasteiger partial charge in [0, 0.05) is 19.6 Å². The van der Waals surface area contributed by atoms with Crippen LogP contribution in [0.3, 0.4) is 0 Å². The van der Waals surface area contributed by atoms with Gasteiger partial charge >= 0.3 is 6.09 Å². The van der Waals surface area contributed by atoms with Crippen molar-refractivity contribution in [3.63, 3.8) is 0 Å². The van der Waals surface area contributed by atoms with Crippen molar-refractivity contribution in [2.45, 2.75) is 71.2 Å². The summed E-state index contributed by atoms with van der Waals surface area (Å²) in [5.41, 5.74) is 1.42. The van der Waals surface area contributed by atoms with Gasteiger partial charge in [-0.15, -0.1) is 0 Å². The number of nitrogens with zero attached hydrogens (tertiary/aromatic N) is 1. The first-order valence-corrected chi connectivity index (χ1v) is 7.66. The highest BCUT2D eigenvalue weighted by molar-refractivity contribution is 5.68. The molecule has 0 saturated carbocycles. The van der Waals surface area contributed by atoms with Gasteiger partial charge < -0.3 is 19.6 Å². The number of ether oxygens (including phenoxy) is 2. The van der Waals surface area contributed by atoms with Crippen LogP contribution < -0.4 is 5.48 Å². The van der Waals surface area contributed by atoms with Crippen molar-refractivity contribution in [2.75, 3.05) is 19.6 Å². The van der Waals surface area contributed by atoms with Crippen molar-refractivity contribution in [3.8, 4) is 0 Å². The quantitative estimate of drug-likeness (QED) is 0.764. The third-order valence-electron chi connectivity index (χ3n) is 3.42. The molecule has 1 saturated heterocycles. The fourth-order valence-electron chi connectivity index (χ4n) is 2.35. The summed E-state index contributed by atoms with van der Waals surface area (Å²) < 4.78 is 11.5. The van der Waals surface area contributed by atoms with E-state index in [4.69, 9.17) is 14.7 Å². The SMILES string of the molecule is CC(C)(C)OC(=O)N1CCC(OC(C)(C)CCNO)CC1. The summed E-state index contributed by atoms with van der Waals surface area (Å²) in [6.45, 7) is 11.5. The number of amides is 1. The van der Waals surface area contributed by atoms with Crippen LogP contribution in [0.25, 0.3) is 0 Å². The third kappa shape index (κ3) is 7.11. The lowest BCUT2D eigenvalue weighted by Crippen LogP contribution is -2.45. The Morgan fingerprint density at radius 3 is 2.29 bits per heavy atom. The normalized spacial score (nSPS) is 17.9. The molecule has 1 fully saturated rings. The van der Waals surface area contributed by atoms with Crippen LogP contribution in [0.5, 0.6) is 0 Å². The summed E-state index contributed by atoms with van der Waals surface area (Å²) in [4.78, 5) is 13.7. The Kier molecular flexibility index (Phi) is 6.43. The summed E-state index contributed by atoms with van der Waals surface area (Å²) in [7, 11) is 0. The highest BCUT2D eigenvalue weighted by atomic mass is 16.6. The van der Waals surface area contributed by atoms with Gasteiger partial charge in [-0.25, -0.2) is 10.3 Å². The van der Waals surface area contributed by atoms with Crippen molar-refractivity contribution in [3.05, 3.63) is 0 Å². The molecule has 21 heavy (non-hydrogen) atoms. The molecule has 0 atom stereocenters. The average molecular weight is 302 g/mol. The zero-order valence-electron chi connectivity index (χ0n) is 13.9. The van der Waals surface area contributed by atoms with E-state index in [-0.39, 0.29) is 17.8 Å². The van der Waals surface area contributed by atoms with E-state index in [1.807, 2.05) is 34.6 Å². The molecule has 0 aromatic heterocycles. The summed E-state index contributed by atoms with van der Waals surface area (Å²) in [5, 5.41) is 8.66. The molecule has 1 heterocycles. The molecule has 0 radical (unpaired) electrons. The van der Waals surface area contributed by atoms with E-state index in [9.17, 15) is 4.79 Å². The Bertz CT molecular complexity index is 331. The molecule has 1 rings (SSSR count). The smallest absolute Gasteiger partial charge is 0.410 e. The van der Waals surface area contributed by atoms with Crippen LogP contribution in [0.4, 0.5) is 4.79 Å². The second-order valence-corrected chi connectivity index (χ2v) is 7.20. The van der Waals surface area contributed by atoms with E-state index < -0.39 is 5.60 Å². The topological polar surface area (TPSA) is 71.0 Å². The first-order valence-electron chi connectivity index (χ1n) is 7.66. The van der Waals surface area contributed by atoms with Gasteiger partial charge in [0.25, 0.3) is 0 Å². The maximum atomic E-state index is 12.0. The number of hydroxylamine groups is 1. The lowest BCUT2D eigenvalue weighted by Gasteiger charge is -2.37. The van der Waals surface area contributed by atoms with Gasteiger partial charge in [0.2, 0.25) is 0 Å². The van der Waals surface area contributed by atoms with E-state index in [1.165, 1.54) is 0 Å².